The average Bonchev–Trinajstić information content (AvgIpc) is 1.63. The van der Waals surface area contributed by atoms with Crippen LogP contribution < -0.4 is 0 Å². The third kappa shape index (κ3) is 23.5. The van der Waals surface area contributed by atoms with Gasteiger partial charge in [-0.15, -0.1) is 0 Å². The van der Waals surface area contributed by atoms with Gasteiger partial charge in [-0.1, -0.05) is 99.9 Å². The van der Waals surface area contributed by atoms with Crippen molar-refractivity contribution in [2.24, 2.45) is 73.3 Å². The van der Waals surface area contributed by atoms with Gasteiger partial charge in [0.15, 0.2) is 21.6 Å². The number of carbonyl (C=O) groups is 7. The van der Waals surface area contributed by atoms with E-state index in [1.165, 1.54) is 51.6 Å². The Balaban J connectivity index is 0.000000154. The first-order valence-electron chi connectivity index (χ1n) is 35.5. The van der Waals surface area contributed by atoms with E-state index in [-0.39, 0.29) is 74.0 Å². The maximum Gasteiger partial charge on any atom is 0.410 e. The van der Waals surface area contributed by atoms with E-state index in [0.717, 1.165) is 71.1 Å². The predicted octanol–water partition coefficient (Wildman–Crippen LogP) is 16.8. The Hall–Kier alpha value is -5.67. The Kier molecular flexibility index (Phi) is 29.2. The maximum atomic E-state index is 12.9. The van der Waals surface area contributed by atoms with Gasteiger partial charge in [0.05, 0.1) is 33.3 Å². The van der Waals surface area contributed by atoms with E-state index in [1.54, 1.807) is 70.9 Å². The van der Waals surface area contributed by atoms with Crippen molar-refractivity contribution in [3.05, 3.63) is 162 Å². The standard InChI is InChI=1S/C20H25Cl2NO3.C19H21Cl2N3O3S.C14H17NO.C12H19NO3.C7H3Cl3O.C4H5ClN2O2S/c1-20(2,3)26-19(25)23-10-13-5-4-12(16(13)11-23)8-18(24)15-7-6-14(21)9-17(15)22;1-23-10-19(22-11-23)28(26,27)24-8-13-3-2-12(16(13)9-24)6-18(25)15-5-4-14(20)7-17(15)21;16-14-7-6-12-9-15(10-13(12)14)8-11-4-2-1-3-5-11;1-12(2,3)16-11(15)13-6-8-4-5-10(14)9(8)7-13;8-4-1-2-5(7(10)11)6(9)3-4;1-7-2-4(6-3-7)10(5,8)9/h6-7,9,12-13,16H,4-5,8,10-11H2,1-3H3;4-5,7,10-13,16H,2-3,6,8-9H2,1H3;1-5,12-13H,6-10H2;8-9H,4-7H2,1-3H3;1-3H;2-3H,1H3. The van der Waals surface area contributed by atoms with Gasteiger partial charge in [0.25, 0.3) is 24.3 Å². The summed E-state index contributed by atoms with van der Waals surface area (Å²) in [5.41, 5.74) is 1.69. The molecule has 580 valence electrons. The minimum atomic E-state index is -3.64. The van der Waals surface area contributed by atoms with Crippen molar-refractivity contribution in [3.8, 4) is 0 Å². The van der Waals surface area contributed by atoms with Crippen LogP contribution in [0.2, 0.25) is 30.1 Å². The predicted molar refractivity (Wildman–Crippen MR) is 415 cm³/mol. The number of rotatable bonds is 12. The maximum absolute atomic E-state index is 12.9. The minimum Gasteiger partial charge on any atom is -0.444 e. The van der Waals surface area contributed by atoms with Gasteiger partial charge in [-0.25, -0.2) is 36.4 Å². The number of sulfonamides is 1. The summed E-state index contributed by atoms with van der Waals surface area (Å²) in [5, 5.41) is 1.93. The molecule has 4 aliphatic heterocycles. The molecule has 8 aliphatic rings. The summed E-state index contributed by atoms with van der Waals surface area (Å²) in [5.74, 6) is 4.04. The van der Waals surface area contributed by atoms with Gasteiger partial charge in [-0.05, 0) is 199 Å². The van der Waals surface area contributed by atoms with Crippen LogP contribution in [0.15, 0.2) is 120 Å². The highest BCUT2D eigenvalue weighted by atomic mass is 35.7. The Morgan fingerprint density at radius 1 is 0.505 bits per heavy atom. The molecule has 14 rings (SSSR count). The lowest BCUT2D eigenvalue weighted by atomic mass is 9.87. The Morgan fingerprint density at radius 2 is 0.935 bits per heavy atom. The van der Waals surface area contributed by atoms with Crippen LogP contribution in [0.1, 0.15) is 142 Å². The molecule has 10 unspecified atom stereocenters. The molecule has 4 saturated carbocycles. The molecular weight excluding hydrogens is 1580 g/mol. The molecule has 107 heavy (non-hydrogen) atoms. The smallest absolute Gasteiger partial charge is 0.410 e. The summed E-state index contributed by atoms with van der Waals surface area (Å²) in [6.45, 7) is 17.9. The van der Waals surface area contributed by atoms with E-state index in [1.807, 2.05) is 47.6 Å². The first kappa shape index (κ1) is 85.3. The van der Waals surface area contributed by atoms with Crippen molar-refractivity contribution in [2.75, 3.05) is 52.4 Å². The van der Waals surface area contributed by atoms with E-state index >= 15 is 0 Å². The first-order chi connectivity index (χ1) is 50.2. The molecule has 2 aromatic heterocycles. The SMILES string of the molecule is CC(C)(C)OC(=O)N1CC2CCC(=O)C2C1.CC(C)(C)OC(=O)N1CC2CCC(CC(=O)c3ccc(Cl)cc3Cl)C2C1.Cn1cnc(S(=O)(=O)Cl)c1.Cn1cnc(S(=O)(=O)N2CC3CCC(CC(=O)c4ccc(Cl)cc4Cl)C3C2)c1.O=C(Cl)c1ccc(Cl)cc1Cl.O=C1CCC2CN(Cc3ccccc3)CC12. The van der Waals surface area contributed by atoms with Crippen molar-refractivity contribution in [1.29, 1.82) is 0 Å². The highest BCUT2D eigenvalue weighted by molar-refractivity contribution is 8.13. The number of aromatic nitrogens is 4. The fourth-order valence-electron chi connectivity index (χ4n) is 15.5. The molecule has 0 bridgehead atoms. The topological polar surface area (TPSA) is 255 Å². The van der Waals surface area contributed by atoms with Crippen LogP contribution >= 0.6 is 91.9 Å². The van der Waals surface area contributed by atoms with Crippen LogP contribution in [-0.4, -0.2) is 159 Å². The van der Waals surface area contributed by atoms with Crippen molar-refractivity contribution in [3.63, 3.8) is 0 Å². The number of carbonyl (C=O) groups excluding carboxylic acids is 7. The highest BCUT2D eigenvalue weighted by Gasteiger charge is 2.49. The molecule has 8 fully saturated rings. The van der Waals surface area contributed by atoms with E-state index < -0.39 is 35.5 Å². The van der Waals surface area contributed by atoms with E-state index in [2.05, 4.69) is 39.1 Å². The van der Waals surface area contributed by atoms with Gasteiger partial charge < -0.3 is 28.4 Å². The lowest BCUT2D eigenvalue weighted by Gasteiger charge is -2.25. The van der Waals surface area contributed by atoms with Crippen molar-refractivity contribution in [1.82, 2.24) is 38.1 Å². The van der Waals surface area contributed by atoms with Crippen LogP contribution in [0.3, 0.4) is 0 Å². The number of hydrogen-bond acceptors (Lipinski definition) is 16. The van der Waals surface area contributed by atoms with Crippen molar-refractivity contribution in [2.45, 2.75) is 134 Å². The largest absolute Gasteiger partial charge is 0.444 e. The molecule has 10 atom stereocenters. The highest BCUT2D eigenvalue weighted by Crippen LogP contribution is 2.47. The van der Waals surface area contributed by atoms with Crippen LogP contribution in [-0.2, 0) is 58.8 Å². The number of nitrogens with zero attached hydrogens (tertiary/aromatic N) is 8. The van der Waals surface area contributed by atoms with Crippen molar-refractivity contribution < 1.29 is 59.9 Å². The number of ketones is 4. The Bertz CT molecular complexity index is 4460. The second kappa shape index (κ2) is 36.7. The zero-order valence-electron chi connectivity index (χ0n) is 60.8. The number of halogens is 8. The molecule has 0 radical (unpaired) electrons. The Morgan fingerprint density at radius 3 is 1.36 bits per heavy atom. The number of ether oxygens (including phenoxy) is 2. The second-order valence-corrected chi connectivity index (χ2v) is 37.9. The molecular formula is C76H90Cl8N8O13S2. The number of aryl methyl sites for hydroxylation is 2. The van der Waals surface area contributed by atoms with E-state index in [9.17, 15) is 50.4 Å². The van der Waals surface area contributed by atoms with Crippen molar-refractivity contribution >= 4 is 152 Å². The fraction of sp³-hybridized carbons (Fsp3) is 0.513. The third-order valence-electron chi connectivity index (χ3n) is 20.6. The van der Waals surface area contributed by atoms with Gasteiger partial charge in [-0.3, -0.25) is 28.9 Å². The van der Waals surface area contributed by atoms with Gasteiger partial charge in [0, 0.05) is 160 Å². The normalized spacial score (nSPS) is 23.7. The average molecular weight is 1670 g/mol. The van der Waals surface area contributed by atoms with Gasteiger partial charge in [0.2, 0.25) is 0 Å². The lowest BCUT2D eigenvalue weighted by molar-refractivity contribution is -0.121. The molecule has 4 saturated heterocycles. The summed E-state index contributed by atoms with van der Waals surface area (Å²) in [6.07, 6.45) is 13.5. The number of fused-ring (bicyclic) bond motifs is 4. The molecule has 2 amide bonds. The monoisotopic (exact) mass is 1670 g/mol. The molecule has 4 aromatic carbocycles. The number of imidazole rings is 2. The van der Waals surface area contributed by atoms with Crippen LogP contribution in [0.25, 0.3) is 0 Å². The quantitative estimate of drug-likeness (QED) is 0.0815. The van der Waals surface area contributed by atoms with E-state index in [0.29, 0.717) is 129 Å². The van der Waals surface area contributed by atoms with Gasteiger partial charge in [-0.2, -0.15) is 4.31 Å². The van der Waals surface area contributed by atoms with Crippen LogP contribution in [0, 0.1) is 59.2 Å². The summed E-state index contributed by atoms with van der Waals surface area (Å²) in [6, 6.07) is 24.9. The number of Topliss-reactive ketones (excluding diaryl/α,β-unsaturated/α-hetero) is 4. The summed E-state index contributed by atoms with van der Waals surface area (Å²) in [4.78, 5) is 96.8. The van der Waals surface area contributed by atoms with E-state index in [4.69, 9.17) is 101 Å². The molecule has 0 N–H and O–H groups in total. The zero-order chi connectivity index (χ0) is 78.2. The molecule has 6 heterocycles. The molecule has 0 spiro atoms. The number of likely N-dealkylation sites (tertiary alicyclic amines) is 3. The van der Waals surface area contributed by atoms with Gasteiger partial charge >= 0.3 is 12.2 Å². The molecule has 6 aromatic rings. The summed E-state index contributed by atoms with van der Waals surface area (Å²) < 4.78 is 62.2. The molecule has 31 heteroatoms. The van der Waals surface area contributed by atoms with Gasteiger partial charge in [0.1, 0.15) is 22.8 Å². The summed E-state index contributed by atoms with van der Waals surface area (Å²) >= 11 is 40.6. The zero-order valence-corrected chi connectivity index (χ0v) is 68.5. The minimum absolute atomic E-state index is 0.0154. The van der Waals surface area contributed by atoms with Crippen LogP contribution in [0.4, 0.5) is 9.59 Å². The lowest BCUT2D eigenvalue weighted by Crippen LogP contribution is -2.36. The number of benzene rings is 4. The summed E-state index contributed by atoms with van der Waals surface area (Å²) in [7, 11) is 1.14. The Labute approximate surface area is 665 Å². The third-order valence-corrected chi connectivity index (χ3v) is 25.3. The first-order valence-corrected chi connectivity index (χ1v) is 41.9. The van der Waals surface area contributed by atoms with Crippen LogP contribution in [0.5, 0.6) is 0 Å². The molecule has 4 aliphatic carbocycles. The fourth-order valence-corrected chi connectivity index (χ4v) is 19.4. The second-order valence-electron chi connectivity index (χ2n) is 30.6. The number of amides is 2. The number of hydrogen-bond donors (Lipinski definition) is 0. The molecule has 21 nitrogen and oxygen atoms in total.